The van der Waals surface area contributed by atoms with Crippen molar-refractivity contribution in [1.82, 2.24) is 10.6 Å². The molecule has 2 aromatic rings. The van der Waals surface area contributed by atoms with Crippen molar-refractivity contribution in [3.63, 3.8) is 0 Å². The number of carbonyl (C=O) groups is 2. The third-order valence-electron chi connectivity index (χ3n) is 3.08. The van der Waals surface area contributed by atoms with Crippen molar-refractivity contribution < 1.29 is 27.2 Å². The van der Waals surface area contributed by atoms with Crippen molar-refractivity contribution in [3.05, 3.63) is 70.8 Å². The van der Waals surface area contributed by atoms with E-state index in [0.29, 0.717) is 6.07 Å². The van der Waals surface area contributed by atoms with Crippen LogP contribution in [0.3, 0.4) is 0 Å². The molecule has 0 aliphatic rings. The first-order chi connectivity index (χ1) is 11.4. The summed E-state index contributed by atoms with van der Waals surface area (Å²) in [5.74, 6) is -6.61. The molecule has 0 saturated heterocycles. The van der Waals surface area contributed by atoms with E-state index in [1.54, 1.807) is 0 Å². The SMILES string of the molecule is O=C(NCCNC(=O)c1ccc(F)c(F)c1F)c1ccc(F)cc1. The number of halogens is 4. The Kier molecular flexibility index (Phi) is 5.51. The van der Waals surface area contributed by atoms with Gasteiger partial charge in [-0.3, -0.25) is 9.59 Å². The lowest BCUT2D eigenvalue weighted by Gasteiger charge is -2.08. The standard InChI is InChI=1S/C16H12F4N2O2/c17-10-3-1-9(2-4-10)15(23)21-7-8-22-16(24)11-5-6-12(18)14(20)13(11)19/h1-6H,7-8H2,(H,21,23)(H,22,24). The number of hydrogen-bond donors (Lipinski definition) is 2. The molecule has 0 fully saturated rings. The lowest BCUT2D eigenvalue weighted by molar-refractivity contribution is 0.0924. The molecule has 0 aliphatic carbocycles. The molecule has 24 heavy (non-hydrogen) atoms. The fraction of sp³-hybridized carbons (Fsp3) is 0.125. The highest BCUT2D eigenvalue weighted by molar-refractivity contribution is 5.95. The van der Waals surface area contributed by atoms with Crippen molar-refractivity contribution in [2.45, 2.75) is 0 Å². The smallest absolute Gasteiger partial charge is 0.254 e. The number of hydrogen-bond acceptors (Lipinski definition) is 2. The van der Waals surface area contributed by atoms with E-state index in [1.807, 2.05) is 0 Å². The van der Waals surface area contributed by atoms with E-state index >= 15 is 0 Å². The van der Waals surface area contributed by atoms with Gasteiger partial charge >= 0.3 is 0 Å². The average Bonchev–Trinajstić information content (AvgIpc) is 2.57. The van der Waals surface area contributed by atoms with Crippen molar-refractivity contribution in [1.29, 1.82) is 0 Å². The summed E-state index contributed by atoms with van der Waals surface area (Å²) in [4.78, 5) is 23.4. The van der Waals surface area contributed by atoms with Crippen LogP contribution in [0, 0.1) is 23.3 Å². The minimum absolute atomic E-state index is 0.00719. The Bertz CT molecular complexity index is 763. The number of amides is 2. The topological polar surface area (TPSA) is 58.2 Å². The van der Waals surface area contributed by atoms with Crippen LogP contribution in [0.5, 0.6) is 0 Å². The Balaban J connectivity index is 1.84. The first kappa shape index (κ1) is 17.5. The predicted octanol–water partition coefficient (Wildman–Crippen LogP) is 2.40. The largest absolute Gasteiger partial charge is 0.350 e. The van der Waals surface area contributed by atoms with Crippen LogP contribution < -0.4 is 10.6 Å². The van der Waals surface area contributed by atoms with Gasteiger partial charge in [-0.25, -0.2) is 17.6 Å². The maximum absolute atomic E-state index is 13.4. The van der Waals surface area contributed by atoms with E-state index in [4.69, 9.17) is 0 Å². The molecule has 0 heterocycles. The minimum Gasteiger partial charge on any atom is -0.350 e. The molecule has 2 amide bonds. The highest BCUT2D eigenvalue weighted by Gasteiger charge is 2.18. The highest BCUT2D eigenvalue weighted by Crippen LogP contribution is 2.14. The molecule has 0 unspecified atom stereocenters. The second-order valence-electron chi connectivity index (χ2n) is 4.74. The van der Waals surface area contributed by atoms with Gasteiger partial charge in [-0.2, -0.15) is 0 Å². The molecule has 0 bridgehead atoms. The second kappa shape index (κ2) is 7.58. The van der Waals surface area contributed by atoms with Gasteiger partial charge in [0.1, 0.15) is 5.82 Å². The molecular weight excluding hydrogens is 328 g/mol. The zero-order chi connectivity index (χ0) is 17.7. The molecule has 126 valence electrons. The first-order valence-corrected chi connectivity index (χ1v) is 6.85. The number of rotatable bonds is 5. The van der Waals surface area contributed by atoms with Crippen LogP contribution in [0.15, 0.2) is 36.4 Å². The van der Waals surface area contributed by atoms with E-state index in [9.17, 15) is 27.2 Å². The Hall–Kier alpha value is -2.90. The monoisotopic (exact) mass is 340 g/mol. The summed E-state index contributed by atoms with van der Waals surface area (Å²) in [5, 5.41) is 4.72. The van der Waals surface area contributed by atoms with Gasteiger partial charge in [-0.15, -0.1) is 0 Å². The summed E-state index contributed by atoms with van der Waals surface area (Å²) < 4.78 is 52.0. The molecule has 0 aromatic heterocycles. The molecule has 0 aliphatic heterocycles. The molecule has 8 heteroatoms. The van der Waals surface area contributed by atoms with Crippen molar-refractivity contribution >= 4 is 11.8 Å². The Morgan fingerprint density at radius 2 is 1.33 bits per heavy atom. The second-order valence-corrected chi connectivity index (χ2v) is 4.74. The van der Waals surface area contributed by atoms with Gasteiger partial charge in [0.25, 0.3) is 11.8 Å². The van der Waals surface area contributed by atoms with Crippen LogP contribution in [0.4, 0.5) is 17.6 Å². The Morgan fingerprint density at radius 1 is 0.750 bits per heavy atom. The van der Waals surface area contributed by atoms with Gasteiger partial charge < -0.3 is 10.6 Å². The third-order valence-corrected chi connectivity index (χ3v) is 3.08. The summed E-state index contributed by atoms with van der Waals surface area (Å²) in [6.07, 6.45) is 0. The van der Waals surface area contributed by atoms with Gasteiger partial charge in [0.05, 0.1) is 5.56 Å². The first-order valence-electron chi connectivity index (χ1n) is 6.85. The quantitative estimate of drug-likeness (QED) is 0.499. The lowest BCUT2D eigenvalue weighted by Crippen LogP contribution is -2.35. The van der Waals surface area contributed by atoms with Gasteiger partial charge in [-0.05, 0) is 36.4 Å². The summed E-state index contributed by atoms with van der Waals surface area (Å²) in [6, 6.07) is 6.30. The Morgan fingerprint density at radius 3 is 1.96 bits per heavy atom. The zero-order valence-corrected chi connectivity index (χ0v) is 12.2. The molecule has 0 saturated carbocycles. The summed E-state index contributed by atoms with van der Waals surface area (Å²) >= 11 is 0. The van der Waals surface area contributed by atoms with Crippen LogP contribution in [0.1, 0.15) is 20.7 Å². The van der Waals surface area contributed by atoms with Crippen LogP contribution in [0.25, 0.3) is 0 Å². The molecule has 2 rings (SSSR count). The van der Waals surface area contributed by atoms with Gasteiger partial charge in [-0.1, -0.05) is 0 Å². The number of benzene rings is 2. The Labute approximate surface area is 134 Å². The van der Waals surface area contributed by atoms with E-state index in [2.05, 4.69) is 10.6 Å². The summed E-state index contributed by atoms with van der Waals surface area (Å²) in [5.41, 5.74) is -0.409. The third kappa shape index (κ3) is 4.09. The molecule has 0 radical (unpaired) electrons. The van der Waals surface area contributed by atoms with E-state index in [-0.39, 0.29) is 18.7 Å². The van der Waals surface area contributed by atoms with Gasteiger partial charge in [0.15, 0.2) is 17.5 Å². The van der Waals surface area contributed by atoms with Crippen LogP contribution in [-0.4, -0.2) is 24.9 Å². The summed E-state index contributed by atoms with van der Waals surface area (Å²) in [7, 11) is 0. The molecule has 2 aromatic carbocycles. The molecule has 0 spiro atoms. The number of carbonyl (C=O) groups excluding carboxylic acids is 2. The zero-order valence-electron chi connectivity index (χ0n) is 12.2. The normalized spacial score (nSPS) is 10.3. The summed E-state index contributed by atoms with van der Waals surface area (Å²) in [6.45, 7) is -0.0581. The predicted molar refractivity (Wildman–Crippen MR) is 77.4 cm³/mol. The van der Waals surface area contributed by atoms with Crippen LogP contribution in [0.2, 0.25) is 0 Å². The average molecular weight is 340 g/mol. The van der Waals surface area contributed by atoms with E-state index in [1.165, 1.54) is 12.1 Å². The fourth-order valence-electron chi connectivity index (χ4n) is 1.85. The molecule has 2 N–H and O–H groups in total. The maximum atomic E-state index is 13.4. The van der Waals surface area contributed by atoms with Gasteiger partial charge in [0, 0.05) is 18.7 Å². The highest BCUT2D eigenvalue weighted by atomic mass is 19.2. The van der Waals surface area contributed by atoms with Crippen molar-refractivity contribution in [3.8, 4) is 0 Å². The van der Waals surface area contributed by atoms with E-state index in [0.717, 1.165) is 18.2 Å². The van der Waals surface area contributed by atoms with E-state index < -0.39 is 40.6 Å². The lowest BCUT2D eigenvalue weighted by atomic mass is 10.2. The molecule has 4 nitrogen and oxygen atoms in total. The maximum Gasteiger partial charge on any atom is 0.254 e. The van der Waals surface area contributed by atoms with Crippen molar-refractivity contribution in [2.75, 3.05) is 13.1 Å². The fourth-order valence-corrected chi connectivity index (χ4v) is 1.85. The van der Waals surface area contributed by atoms with Gasteiger partial charge in [0.2, 0.25) is 0 Å². The number of nitrogens with one attached hydrogen (secondary N) is 2. The minimum atomic E-state index is -1.73. The molecule has 0 atom stereocenters. The molecular formula is C16H12F4N2O2. The van der Waals surface area contributed by atoms with Crippen LogP contribution >= 0.6 is 0 Å². The van der Waals surface area contributed by atoms with Crippen LogP contribution in [-0.2, 0) is 0 Å². The van der Waals surface area contributed by atoms with Crippen molar-refractivity contribution in [2.24, 2.45) is 0 Å².